The van der Waals surface area contributed by atoms with Gasteiger partial charge in [0.2, 0.25) is 0 Å². The van der Waals surface area contributed by atoms with Gasteiger partial charge in [-0.05, 0) is 88.2 Å². The molecule has 0 amide bonds. The van der Waals surface area contributed by atoms with Gasteiger partial charge in [0.05, 0.1) is 7.11 Å². The van der Waals surface area contributed by atoms with E-state index in [0.29, 0.717) is 6.54 Å². The van der Waals surface area contributed by atoms with Crippen LogP contribution in [-0.4, -0.2) is 49.3 Å². The van der Waals surface area contributed by atoms with E-state index in [0.717, 1.165) is 44.0 Å². The second-order valence-electron chi connectivity index (χ2n) is 9.06. The Morgan fingerprint density at radius 3 is 2.62 bits per heavy atom. The van der Waals surface area contributed by atoms with E-state index in [1.807, 2.05) is 6.07 Å². The van der Waals surface area contributed by atoms with Crippen LogP contribution in [0.5, 0.6) is 5.75 Å². The molecule has 1 aliphatic heterocycles. The van der Waals surface area contributed by atoms with E-state index in [4.69, 9.17) is 15.2 Å². The zero-order valence-electron chi connectivity index (χ0n) is 18.8. The van der Waals surface area contributed by atoms with E-state index in [1.165, 1.54) is 30.9 Å². The largest absolute Gasteiger partial charge is 0.497 e. The fourth-order valence-corrected chi connectivity index (χ4v) is 5.48. The van der Waals surface area contributed by atoms with Crippen molar-refractivity contribution >= 4 is 5.97 Å². The maximum absolute atomic E-state index is 12.3. The van der Waals surface area contributed by atoms with Crippen LogP contribution in [0.3, 0.4) is 0 Å². The van der Waals surface area contributed by atoms with Crippen molar-refractivity contribution in [3.8, 4) is 5.75 Å². The van der Waals surface area contributed by atoms with Gasteiger partial charge < -0.3 is 15.2 Å². The number of benzene rings is 1. The zero-order chi connectivity index (χ0) is 21.2. The topological polar surface area (TPSA) is 64.8 Å². The minimum Gasteiger partial charge on any atom is -0.497 e. The molecule has 1 aromatic rings. The Hall–Kier alpha value is -1.59. The number of nitrogens with zero attached hydrogens (tertiary/aromatic N) is 1. The number of ether oxygens (including phenoxy) is 2. The molecule has 2 N–H and O–H groups in total. The summed E-state index contributed by atoms with van der Waals surface area (Å²) in [6.07, 6.45) is 5.25. The van der Waals surface area contributed by atoms with Gasteiger partial charge in [0.15, 0.2) is 0 Å². The Labute approximate surface area is 175 Å². The number of rotatable bonds is 8. The fraction of sp³-hybridized carbons (Fsp3) is 0.708. The van der Waals surface area contributed by atoms with Gasteiger partial charge in [-0.2, -0.15) is 0 Å². The number of carbonyl (C=O) groups excluding carboxylic acids is 1. The molecule has 0 aromatic heterocycles. The highest BCUT2D eigenvalue weighted by atomic mass is 16.6. The van der Waals surface area contributed by atoms with Gasteiger partial charge in [0.25, 0.3) is 0 Å². The average Bonchev–Trinajstić information content (AvgIpc) is 3.51. The minimum absolute atomic E-state index is 0.114. The van der Waals surface area contributed by atoms with Crippen LogP contribution in [0.15, 0.2) is 18.2 Å². The molecule has 2 aliphatic rings. The van der Waals surface area contributed by atoms with Gasteiger partial charge >= 0.3 is 5.97 Å². The van der Waals surface area contributed by atoms with E-state index >= 15 is 0 Å². The molecule has 3 atom stereocenters. The van der Waals surface area contributed by atoms with E-state index < -0.39 is 5.60 Å². The number of hydrogen-bond donors (Lipinski definition) is 1. The van der Waals surface area contributed by atoms with Crippen molar-refractivity contribution in [1.29, 1.82) is 0 Å². The monoisotopic (exact) mass is 402 g/mol. The predicted octanol–water partition coefficient (Wildman–Crippen LogP) is 3.67. The summed E-state index contributed by atoms with van der Waals surface area (Å²) in [6.45, 7) is 10.7. The molecule has 162 valence electrons. The highest BCUT2D eigenvalue weighted by Gasteiger charge is 2.59. The number of nitrogens with two attached hydrogens (primary N) is 1. The van der Waals surface area contributed by atoms with Crippen LogP contribution in [0.4, 0.5) is 0 Å². The summed E-state index contributed by atoms with van der Waals surface area (Å²) in [6, 6.07) is 6.44. The summed E-state index contributed by atoms with van der Waals surface area (Å²) < 4.78 is 11.8. The molecule has 1 saturated heterocycles. The zero-order valence-corrected chi connectivity index (χ0v) is 18.8. The summed E-state index contributed by atoms with van der Waals surface area (Å²) in [4.78, 5) is 14.8. The number of likely N-dealkylation sites (tertiary alicyclic amines) is 1. The first-order valence-corrected chi connectivity index (χ1v) is 11.1. The molecule has 29 heavy (non-hydrogen) atoms. The highest BCUT2D eigenvalue weighted by Crippen LogP contribution is 2.52. The predicted molar refractivity (Wildman–Crippen MR) is 116 cm³/mol. The second kappa shape index (κ2) is 8.65. The molecular formula is C24H38N2O3. The average molecular weight is 403 g/mol. The summed E-state index contributed by atoms with van der Waals surface area (Å²) >= 11 is 0. The van der Waals surface area contributed by atoms with Crippen LogP contribution < -0.4 is 10.5 Å². The highest BCUT2D eigenvalue weighted by molar-refractivity contribution is 5.67. The molecule has 3 unspecified atom stereocenters. The SMILES string of the molecule is CCc1ccc(OC)cc1C1(CCN)CCN(CC2CC2)C(C)C1(C)OC(C)=O. The Balaban J connectivity index is 2.14. The fourth-order valence-electron chi connectivity index (χ4n) is 5.48. The van der Waals surface area contributed by atoms with Crippen molar-refractivity contribution in [3.05, 3.63) is 29.3 Å². The third-order valence-electron chi connectivity index (χ3n) is 7.45. The first kappa shape index (κ1) is 22.1. The third-order valence-corrected chi connectivity index (χ3v) is 7.45. The van der Waals surface area contributed by atoms with Gasteiger partial charge in [-0.3, -0.25) is 9.69 Å². The number of carbonyl (C=O) groups is 1. The first-order valence-electron chi connectivity index (χ1n) is 11.1. The smallest absolute Gasteiger partial charge is 0.303 e. The van der Waals surface area contributed by atoms with Crippen molar-refractivity contribution in [2.75, 3.05) is 26.7 Å². The van der Waals surface area contributed by atoms with E-state index in [1.54, 1.807) is 7.11 Å². The molecule has 0 spiro atoms. The van der Waals surface area contributed by atoms with Crippen LogP contribution in [0.2, 0.25) is 0 Å². The van der Waals surface area contributed by atoms with Crippen molar-refractivity contribution in [3.63, 3.8) is 0 Å². The maximum atomic E-state index is 12.3. The molecule has 0 radical (unpaired) electrons. The van der Waals surface area contributed by atoms with Crippen LogP contribution in [0, 0.1) is 5.92 Å². The van der Waals surface area contributed by atoms with E-state index in [-0.39, 0.29) is 17.4 Å². The summed E-state index contributed by atoms with van der Waals surface area (Å²) in [7, 11) is 1.70. The Bertz CT molecular complexity index is 733. The van der Waals surface area contributed by atoms with Crippen molar-refractivity contribution < 1.29 is 14.3 Å². The van der Waals surface area contributed by atoms with Crippen LogP contribution in [0.1, 0.15) is 64.5 Å². The molecule has 2 fully saturated rings. The number of hydrogen-bond acceptors (Lipinski definition) is 5. The minimum atomic E-state index is -0.665. The number of aryl methyl sites for hydroxylation is 1. The Kier molecular flexibility index (Phi) is 6.59. The lowest BCUT2D eigenvalue weighted by atomic mass is 9.58. The van der Waals surface area contributed by atoms with Gasteiger partial charge in [0, 0.05) is 24.9 Å². The Morgan fingerprint density at radius 2 is 2.07 bits per heavy atom. The lowest BCUT2D eigenvalue weighted by Crippen LogP contribution is -2.68. The number of methoxy groups -OCH3 is 1. The molecule has 1 aromatic carbocycles. The molecule has 1 heterocycles. The standard InChI is InChI=1S/C24H38N2O3/c1-6-20-9-10-21(28-5)15-22(20)24(11-13-25)12-14-26(16-19-7-8-19)17(2)23(24,4)29-18(3)27/h9-10,15,17,19H,6-8,11-14,16,25H2,1-5H3. The molecule has 0 bridgehead atoms. The van der Waals surface area contributed by atoms with E-state index in [9.17, 15) is 4.79 Å². The van der Waals surface area contributed by atoms with Gasteiger partial charge in [0.1, 0.15) is 11.4 Å². The maximum Gasteiger partial charge on any atom is 0.303 e. The molecule has 5 nitrogen and oxygen atoms in total. The van der Waals surface area contributed by atoms with Crippen LogP contribution in [-0.2, 0) is 21.4 Å². The second-order valence-corrected chi connectivity index (χ2v) is 9.06. The van der Waals surface area contributed by atoms with Crippen molar-refractivity contribution in [2.45, 2.75) is 76.9 Å². The van der Waals surface area contributed by atoms with Gasteiger partial charge in [-0.15, -0.1) is 0 Å². The molecule has 5 heteroatoms. The summed E-state index contributed by atoms with van der Waals surface area (Å²) in [5.41, 5.74) is 7.68. The first-order chi connectivity index (χ1) is 13.8. The molecular weight excluding hydrogens is 364 g/mol. The lowest BCUT2D eigenvalue weighted by Gasteiger charge is -2.58. The quantitative estimate of drug-likeness (QED) is 0.672. The lowest BCUT2D eigenvalue weighted by molar-refractivity contribution is -0.185. The van der Waals surface area contributed by atoms with Crippen LogP contribution >= 0.6 is 0 Å². The van der Waals surface area contributed by atoms with Crippen LogP contribution in [0.25, 0.3) is 0 Å². The van der Waals surface area contributed by atoms with Gasteiger partial charge in [-0.25, -0.2) is 0 Å². The normalized spacial score (nSPS) is 30.2. The van der Waals surface area contributed by atoms with Crippen molar-refractivity contribution in [2.24, 2.45) is 11.7 Å². The molecule has 3 rings (SSSR count). The van der Waals surface area contributed by atoms with Gasteiger partial charge in [-0.1, -0.05) is 13.0 Å². The van der Waals surface area contributed by atoms with E-state index in [2.05, 4.69) is 37.8 Å². The summed E-state index contributed by atoms with van der Waals surface area (Å²) in [5, 5.41) is 0. The number of piperidine rings is 1. The third kappa shape index (κ3) is 4.04. The Morgan fingerprint density at radius 1 is 1.34 bits per heavy atom. The summed E-state index contributed by atoms with van der Waals surface area (Å²) in [5.74, 6) is 1.41. The van der Waals surface area contributed by atoms with Crippen molar-refractivity contribution in [1.82, 2.24) is 4.90 Å². The molecule has 1 aliphatic carbocycles. The number of esters is 1. The molecule has 1 saturated carbocycles.